The van der Waals surface area contributed by atoms with Crippen molar-refractivity contribution in [2.24, 2.45) is 0 Å². The van der Waals surface area contributed by atoms with Gasteiger partial charge in [-0.05, 0) is 66.6 Å². The molecular formula is C21H24N2O3S. The Labute approximate surface area is 160 Å². The zero-order valence-corrected chi connectivity index (χ0v) is 16.6. The molecule has 2 heterocycles. The molecule has 0 fully saturated rings. The number of anilines is 1. The van der Waals surface area contributed by atoms with E-state index >= 15 is 0 Å². The predicted octanol–water partition coefficient (Wildman–Crippen LogP) is 3.04. The third-order valence-electron chi connectivity index (χ3n) is 5.66. The van der Waals surface area contributed by atoms with Gasteiger partial charge in [0.05, 0.1) is 4.90 Å². The summed E-state index contributed by atoms with van der Waals surface area (Å²) in [7, 11) is -3.56. The fourth-order valence-corrected chi connectivity index (χ4v) is 5.60. The molecule has 1 amide bonds. The van der Waals surface area contributed by atoms with Crippen LogP contribution in [0.3, 0.4) is 0 Å². The molecule has 0 aliphatic carbocycles. The Kier molecular flexibility index (Phi) is 4.56. The van der Waals surface area contributed by atoms with Crippen molar-refractivity contribution < 1.29 is 13.2 Å². The standard InChI is InChI=1S/C21H24N2O3S/c1-15-5-3-6-17-10-12-22(14-20(15)17)27(25,26)19-8-9-21-18(13-19)7-4-11-23(21)16(2)24/h3,5-6,8-9,13H,4,7,10-12,14H2,1-2H3. The Bertz CT molecular complexity index is 1010. The van der Waals surface area contributed by atoms with E-state index in [9.17, 15) is 13.2 Å². The molecule has 0 radical (unpaired) electrons. The van der Waals surface area contributed by atoms with Crippen LogP contribution in [0.2, 0.25) is 0 Å². The van der Waals surface area contributed by atoms with Crippen molar-refractivity contribution in [2.45, 2.75) is 44.6 Å². The number of benzene rings is 2. The Morgan fingerprint density at radius 1 is 1.04 bits per heavy atom. The minimum atomic E-state index is -3.56. The van der Waals surface area contributed by atoms with Gasteiger partial charge < -0.3 is 4.90 Å². The van der Waals surface area contributed by atoms with Gasteiger partial charge in [-0.3, -0.25) is 4.79 Å². The van der Waals surface area contributed by atoms with Gasteiger partial charge in [-0.25, -0.2) is 8.42 Å². The highest BCUT2D eigenvalue weighted by molar-refractivity contribution is 7.89. The van der Waals surface area contributed by atoms with Crippen molar-refractivity contribution in [1.29, 1.82) is 0 Å². The number of rotatable bonds is 2. The molecule has 0 unspecified atom stereocenters. The van der Waals surface area contributed by atoms with Gasteiger partial charge in [0.15, 0.2) is 0 Å². The predicted molar refractivity (Wildman–Crippen MR) is 105 cm³/mol. The first-order valence-electron chi connectivity index (χ1n) is 9.36. The van der Waals surface area contributed by atoms with Crippen LogP contribution in [-0.2, 0) is 34.2 Å². The molecule has 4 rings (SSSR count). The van der Waals surface area contributed by atoms with Crippen molar-refractivity contribution in [3.05, 3.63) is 58.7 Å². The SMILES string of the molecule is CC(=O)N1CCCc2cc(S(=O)(=O)N3CCc4cccc(C)c4C3)ccc21. The maximum Gasteiger partial charge on any atom is 0.243 e. The summed E-state index contributed by atoms with van der Waals surface area (Å²) < 4.78 is 28.1. The largest absolute Gasteiger partial charge is 0.312 e. The lowest BCUT2D eigenvalue weighted by atomic mass is 9.97. The zero-order valence-electron chi connectivity index (χ0n) is 15.7. The number of hydrogen-bond acceptors (Lipinski definition) is 3. The van der Waals surface area contributed by atoms with Crippen molar-refractivity contribution in [3.63, 3.8) is 0 Å². The molecule has 27 heavy (non-hydrogen) atoms. The highest BCUT2D eigenvalue weighted by atomic mass is 32.2. The first kappa shape index (κ1) is 18.2. The van der Waals surface area contributed by atoms with Gasteiger partial charge in [-0.1, -0.05) is 18.2 Å². The fourth-order valence-electron chi connectivity index (χ4n) is 4.14. The molecule has 0 aromatic heterocycles. The van der Waals surface area contributed by atoms with Crippen LogP contribution in [0.4, 0.5) is 5.69 Å². The summed E-state index contributed by atoms with van der Waals surface area (Å²) in [5.41, 5.74) is 5.27. The van der Waals surface area contributed by atoms with E-state index in [1.54, 1.807) is 34.3 Å². The second kappa shape index (κ2) is 6.77. The van der Waals surface area contributed by atoms with Crippen LogP contribution in [-0.4, -0.2) is 31.7 Å². The lowest BCUT2D eigenvalue weighted by Gasteiger charge is -2.31. The third-order valence-corrected chi connectivity index (χ3v) is 7.50. The molecule has 5 nitrogen and oxygen atoms in total. The Morgan fingerprint density at radius 2 is 1.85 bits per heavy atom. The van der Waals surface area contributed by atoms with E-state index < -0.39 is 10.0 Å². The molecule has 0 bridgehead atoms. The summed E-state index contributed by atoms with van der Waals surface area (Å²) in [6.45, 7) is 5.19. The molecule has 2 aliphatic heterocycles. The number of carbonyl (C=O) groups excluding carboxylic acids is 1. The van der Waals surface area contributed by atoms with Gasteiger partial charge >= 0.3 is 0 Å². The first-order chi connectivity index (χ1) is 12.9. The molecule has 2 aromatic rings. The van der Waals surface area contributed by atoms with Crippen molar-refractivity contribution in [3.8, 4) is 0 Å². The van der Waals surface area contributed by atoms with Crippen LogP contribution < -0.4 is 4.90 Å². The normalized spacial score (nSPS) is 17.3. The van der Waals surface area contributed by atoms with Gasteiger partial charge in [0.2, 0.25) is 15.9 Å². The third kappa shape index (κ3) is 3.17. The number of sulfonamides is 1. The van der Waals surface area contributed by atoms with Gasteiger partial charge in [-0.2, -0.15) is 4.31 Å². The quantitative estimate of drug-likeness (QED) is 0.800. The first-order valence-corrected chi connectivity index (χ1v) is 10.8. The molecule has 0 spiro atoms. The number of carbonyl (C=O) groups is 1. The summed E-state index contributed by atoms with van der Waals surface area (Å²) in [6.07, 6.45) is 2.38. The average Bonchev–Trinajstić information content (AvgIpc) is 2.67. The summed E-state index contributed by atoms with van der Waals surface area (Å²) in [5, 5.41) is 0. The molecule has 2 aliphatic rings. The maximum atomic E-state index is 13.3. The Balaban J connectivity index is 1.67. The summed E-state index contributed by atoms with van der Waals surface area (Å²) in [6, 6.07) is 11.3. The molecule has 6 heteroatoms. The lowest BCUT2D eigenvalue weighted by molar-refractivity contribution is -0.116. The van der Waals surface area contributed by atoms with Gasteiger partial charge in [0.25, 0.3) is 0 Å². The molecule has 142 valence electrons. The summed E-state index contributed by atoms with van der Waals surface area (Å²) >= 11 is 0. The van der Waals surface area contributed by atoms with Crippen molar-refractivity contribution in [2.75, 3.05) is 18.0 Å². The molecule has 2 aromatic carbocycles. The van der Waals surface area contributed by atoms with Crippen LogP contribution in [0.25, 0.3) is 0 Å². The topological polar surface area (TPSA) is 57.7 Å². The van der Waals surface area contributed by atoms with Crippen molar-refractivity contribution >= 4 is 21.6 Å². The Morgan fingerprint density at radius 3 is 2.63 bits per heavy atom. The van der Waals surface area contributed by atoms with Crippen molar-refractivity contribution in [1.82, 2.24) is 4.31 Å². The van der Waals surface area contributed by atoms with Gasteiger partial charge in [-0.15, -0.1) is 0 Å². The Hall–Kier alpha value is -2.18. The van der Waals surface area contributed by atoms with Crippen LogP contribution in [0, 0.1) is 6.92 Å². The van der Waals surface area contributed by atoms with Crippen LogP contribution in [0.15, 0.2) is 41.3 Å². The van der Waals surface area contributed by atoms with E-state index in [0.717, 1.165) is 41.6 Å². The van der Waals surface area contributed by atoms with E-state index in [4.69, 9.17) is 0 Å². The molecule has 0 atom stereocenters. The van der Waals surface area contributed by atoms with Crippen LogP contribution >= 0.6 is 0 Å². The fraction of sp³-hybridized carbons (Fsp3) is 0.381. The number of nitrogens with zero attached hydrogens (tertiary/aromatic N) is 2. The second-order valence-corrected chi connectivity index (χ2v) is 9.30. The van der Waals surface area contributed by atoms with E-state index in [1.807, 2.05) is 19.1 Å². The summed E-state index contributed by atoms with van der Waals surface area (Å²) in [5.74, 6) is -0.00494. The van der Waals surface area contributed by atoms with Gasteiger partial charge in [0, 0.05) is 32.2 Å². The molecule has 0 saturated heterocycles. The number of amides is 1. The number of aryl methyl sites for hydroxylation is 2. The average molecular weight is 385 g/mol. The zero-order chi connectivity index (χ0) is 19.2. The maximum absolute atomic E-state index is 13.3. The minimum Gasteiger partial charge on any atom is -0.312 e. The highest BCUT2D eigenvalue weighted by Crippen LogP contribution is 2.32. The highest BCUT2D eigenvalue weighted by Gasteiger charge is 2.30. The number of fused-ring (bicyclic) bond motifs is 2. The van der Waals surface area contributed by atoms with Crippen LogP contribution in [0.1, 0.15) is 35.6 Å². The smallest absolute Gasteiger partial charge is 0.243 e. The van der Waals surface area contributed by atoms with E-state index in [0.29, 0.717) is 24.5 Å². The molecular weight excluding hydrogens is 360 g/mol. The monoisotopic (exact) mass is 384 g/mol. The molecule has 0 saturated carbocycles. The van der Waals surface area contributed by atoms with Crippen LogP contribution in [0.5, 0.6) is 0 Å². The summed E-state index contributed by atoms with van der Waals surface area (Å²) in [4.78, 5) is 13.9. The lowest BCUT2D eigenvalue weighted by Crippen LogP contribution is -2.37. The van der Waals surface area contributed by atoms with E-state index in [1.165, 1.54) is 5.56 Å². The second-order valence-electron chi connectivity index (χ2n) is 7.37. The van der Waals surface area contributed by atoms with E-state index in [-0.39, 0.29) is 5.91 Å². The number of hydrogen-bond donors (Lipinski definition) is 0. The van der Waals surface area contributed by atoms with Gasteiger partial charge in [0.1, 0.15) is 0 Å². The molecule has 0 N–H and O–H groups in total. The van der Waals surface area contributed by atoms with E-state index in [2.05, 4.69) is 6.07 Å². The minimum absolute atomic E-state index is 0.00494.